The van der Waals surface area contributed by atoms with E-state index in [1.165, 1.54) is 7.11 Å². The van der Waals surface area contributed by atoms with E-state index in [1.54, 1.807) is 46.6 Å². The van der Waals surface area contributed by atoms with Crippen LogP contribution in [-0.4, -0.2) is 74.6 Å². The number of rotatable bonds is 11. The molecule has 3 heterocycles. The first kappa shape index (κ1) is 51.0. The van der Waals surface area contributed by atoms with E-state index in [1.807, 2.05) is 36.4 Å². The Morgan fingerprint density at radius 2 is 0.786 bits per heavy atom. The number of aromatic hydroxyl groups is 1. The van der Waals surface area contributed by atoms with Gasteiger partial charge in [-0.05, 0) is 71.4 Å². The van der Waals surface area contributed by atoms with Gasteiger partial charge in [0.15, 0.2) is 34.5 Å². The first-order valence-corrected chi connectivity index (χ1v) is 16.8. The van der Waals surface area contributed by atoms with Gasteiger partial charge in [-0.3, -0.25) is 20.8 Å². The normalized spacial score (nSPS) is 21.4. The van der Waals surface area contributed by atoms with Crippen LogP contribution in [0.4, 0.5) is 0 Å². The number of hydrogen-bond acceptors (Lipinski definition) is 12. The monoisotopic (exact) mass is 1280 g/mol. The SMILES string of the molecule is [CH2-]CC1([CH2-])CC(c2ccc(O)c(OC)c2)=NO1.[CH2-]CC1([CH2-])CC(c2ccc(OC)c(OC)c2)=NO1.[CH2-]CC1([CH2-])CC(c2ccc(OC)c(OC)c2)=NO1.[W+2].[W+2].[W+2]. The summed E-state index contributed by atoms with van der Waals surface area (Å²) in [7, 11) is 7.94. The summed E-state index contributed by atoms with van der Waals surface area (Å²) in [6.07, 6.45) is 3.60. The van der Waals surface area contributed by atoms with Crippen molar-refractivity contribution in [2.24, 2.45) is 15.5 Å². The molecular weight excluding hydrogens is 1230 g/mol. The quantitative estimate of drug-likeness (QED) is 0.193. The van der Waals surface area contributed by atoms with Gasteiger partial charge in [-0.25, -0.2) is 0 Å². The molecule has 6 rings (SSSR count). The summed E-state index contributed by atoms with van der Waals surface area (Å²) in [5.41, 5.74) is 3.62. The zero-order valence-corrected chi connectivity index (χ0v) is 41.3. The second-order valence-corrected chi connectivity index (χ2v) is 12.7. The van der Waals surface area contributed by atoms with E-state index in [0.29, 0.717) is 67.3 Å². The van der Waals surface area contributed by atoms with Crippen LogP contribution in [0.2, 0.25) is 0 Å². The molecule has 0 bridgehead atoms. The van der Waals surface area contributed by atoms with Gasteiger partial charge in [-0.15, -0.1) is 0 Å². The molecule has 56 heavy (non-hydrogen) atoms. The van der Waals surface area contributed by atoms with Crippen LogP contribution >= 0.6 is 0 Å². The third-order valence-corrected chi connectivity index (χ3v) is 8.83. The fourth-order valence-electron chi connectivity index (χ4n) is 5.32. The molecular formula is C41H49N3O9W3. The van der Waals surface area contributed by atoms with Crippen LogP contribution in [0, 0.1) is 41.5 Å². The third-order valence-electron chi connectivity index (χ3n) is 8.83. The minimum atomic E-state index is -0.569. The molecule has 0 aliphatic carbocycles. The average molecular weight is 1280 g/mol. The van der Waals surface area contributed by atoms with Gasteiger partial charge in [0, 0.05) is 36.0 Å². The van der Waals surface area contributed by atoms with Crippen molar-refractivity contribution in [3.8, 4) is 34.5 Å². The number of hydrogen-bond donors (Lipinski definition) is 1. The minimum absolute atomic E-state index is 0. The Morgan fingerprint density at radius 1 is 0.500 bits per heavy atom. The van der Waals surface area contributed by atoms with Crippen molar-refractivity contribution in [2.45, 2.75) is 55.3 Å². The van der Waals surface area contributed by atoms with E-state index in [9.17, 15) is 5.11 Å². The van der Waals surface area contributed by atoms with Gasteiger partial charge in [0.2, 0.25) is 0 Å². The second-order valence-electron chi connectivity index (χ2n) is 12.7. The number of phenolic OH excluding ortho intramolecular Hbond substituents is 1. The number of ether oxygens (including phenoxy) is 5. The zero-order chi connectivity index (χ0) is 38.8. The van der Waals surface area contributed by atoms with Crippen LogP contribution in [0.1, 0.15) is 55.2 Å². The first-order chi connectivity index (χ1) is 25.3. The third kappa shape index (κ3) is 12.7. The molecule has 300 valence electrons. The summed E-state index contributed by atoms with van der Waals surface area (Å²) in [5.74, 6) is 3.26. The van der Waals surface area contributed by atoms with Crippen molar-refractivity contribution in [3.63, 3.8) is 0 Å². The molecule has 0 spiro atoms. The van der Waals surface area contributed by atoms with Crippen molar-refractivity contribution in [2.75, 3.05) is 35.5 Å². The molecule has 0 fully saturated rings. The molecule has 15 heteroatoms. The summed E-state index contributed by atoms with van der Waals surface area (Å²) in [6.45, 7) is 23.3. The van der Waals surface area contributed by atoms with Gasteiger partial charge < -0.3 is 64.1 Å². The van der Waals surface area contributed by atoms with Crippen LogP contribution < -0.4 is 23.7 Å². The standard InChI is InChI=1S/2C14H17NO3.C13H15NO3.3W/c2*1-5-14(2)9-11(15-18-14)10-6-7-12(16-3)13(8-10)17-4;1-4-13(2)8-10(14-17-13)9-5-6-11(15)12(7-9)16-3;;;/h2*6-8H,1-2,5,9H2,3-4H3;5-7,15H,1-2,4,8H2,3H3;;;/q3*-2;3*+2. The van der Waals surface area contributed by atoms with Gasteiger partial charge >= 0.3 is 63.2 Å². The molecule has 3 aromatic carbocycles. The number of oxime groups is 3. The van der Waals surface area contributed by atoms with Gasteiger partial charge in [-0.1, -0.05) is 15.5 Å². The Bertz CT molecular complexity index is 1740. The fraction of sp³-hybridized carbons (Fsp3) is 0.341. The smallest absolute Gasteiger partial charge is 0.504 e. The molecule has 12 nitrogen and oxygen atoms in total. The molecule has 3 aliphatic rings. The summed E-state index contributed by atoms with van der Waals surface area (Å²) in [5, 5.41) is 21.7. The molecule has 3 aromatic rings. The van der Waals surface area contributed by atoms with Gasteiger partial charge in [0.1, 0.15) is 0 Å². The summed E-state index contributed by atoms with van der Waals surface area (Å²) in [6, 6.07) is 16.4. The van der Waals surface area contributed by atoms with Crippen LogP contribution in [-0.2, 0) is 77.7 Å². The maximum absolute atomic E-state index is 9.51. The molecule has 0 radical (unpaired) electrons. The van der Waals surface area contributed by atoms with Gasteiger partial charge in [0.05, 0.1) is 52.7 Å². The molecule has 0 aromatic heterocycles. The van der Waals surface area contributed by atoms with Gasteiger partial charge in [-0.2, -0.15) is 19.3 Å². The largest absolute Gasteiger partial charge is 2.00 e. The molecule has 0 saturated carbocycles. The number of nitrogens with zero attached hydrogens (tertiary/aromatic N) is 3. The summed E-state index contributed by atoms with van der Waals surface area (Å²) >= 11 is 0. The molecule has 0 saturated heterocycles. The zero-order valence-electron chi connectivity index (χ0n) is 32.5. The van der Waals surface area contributed by atoms with Crippen molar-refractivity contribution in [1.82, 2.24) is 0 Å². The van der Waals surface area contributed by atoms with Crippen molar-refractivity contribution in [1.29, 1.82) is 0 Å². The van der Waals surface area contributed by atoms with Crippen molar-refractivity contribution in [3.05, 3.63) is 113 Å². The van der Waals surface area contributed by atoms with E-state index in [2.05, 4.69) is 57.0 Å². The van der Waals surface area contributed by atoms with Crippen LogP contribution in [0.15, 0.2) is 70.1 Å². The minimum Gasteiger partial charge on any atom is -0.504 e. The van der Waals surface area contributed by atoms with Crippen LogP contribution in [0.5, 0.6) is 34.5 Å². The van der Waals surface area contributed by atoms with Crippen LogP contribution in [0.25, 0.3) is 0 Å². The first-order valence-electron chi connectivity index (χ1n) is 16.8. The second kappa shape index (κ2) is 22.8. The summed E-state index contributed by atoms with van der Waals surface area (Å²) in [4.78, 5) is 15.9. The van der Waals surface area contributed by atoms with E-state index < -0.39 is 16.8 Å². The van der Waals surface area contributed by atoms with E-state index >= 15 is 0 Å². The Morgan fingerprint density at radius 3 is 1.05 bits per heavy atom. The average Bonchev–Trinajstić information content (AvgIpc) is 3.92. The number of benzene rings is 3. The topological polar surface area (TPSA) is 131 Å². The maximum atomic E-state index is 9.51. The Balaban J connectivity index is 0.000000409. The van der Waals surface area contributed by atoms with Crippen molar-refractivity contribution >= 4 is 17.1 Å². The molecule has 3 aliphatic heterocycles. The van der Waals surface area contributed by atoms with Crippen molar-refractivity contribution < 1.29 is 106 Å². The van der Waals surface area contributed by atoms with Gasteiger partial charge in [0.25, 0.3) is 0 Å². The van der Waals surface area contributed by atoms with E-state index in [0.717, 1.165) is 33.8 Å². The fourth-order valence-corrected chi connectivity index (χ4v) is 5.32. The predicted octanol–water partition coefficient (Wildman–Crippen LogP) is 7.57. The molecule has 0 amide bonds. The molecule has 3 atom stereocenters. The predicted molar refractivity (Wildman–Crippen MR) is 205 cm³/mol. The Hall–Kier alpha value is -3.07. The Kier molecular flexibility index (Phi) is 20.7. The van der Waals surface area contributed by atoms with Crippen LogP contribution in [0.3, 0.4) is 0 Å². The molecule has 3 unspecified atom stereocenters. The summed E-state index contributed by atoms with van der Waals surface area (Å²) < 4.78 is 26.0. The van der Waals surface area contributed by atoms with E-state index in [-0.39, 0.29) is 68.9 Å². The Labute approximate surface area is 374 Å². The molecule has 1 N–H and O–H groups in total. The number of phenols is 1. The maximum Gasteiger partial charge on any atom is 2.00 e. The van der Waals surface area contributed by atoms with E-state index in [4.69, 9.17) is 38.2 Å². The number of methoxy groups -OCH3 is 5.